The molecule has 0 aliphatic carbocycles. The minimum atomic E-state index is -0.593. The third kappa shape index (κ3) is 6.21. The Morgan fingerprint density at radius 1 is 1.18 bits per heavy atom. The standard InChI is InChI=1S/C26H21Cl2FN8O2/c27-16-7-10-21(37-14-30-35-36-37)15(12-16)6-11-23(39)32-20-4-2-1-3-5-22(38)31-19-9-8-17(29)13-18(19)24-25(28)34-26(20)33-24/h1-2,6-14,20H,3-5H2,(H,31,38)(H,32,39)(H,33,34)/b2-1?,11-6+/t20-/m0/s1. The van der Waals surface area contributed by atoms with Crippen LogP contribution in [-0.4, -0.2) is 42.0 Å². The number of carbonyl (C=O) groups is 2. The lowest BCUT2D eigenvalue weighted by atomic mass is 10.1. The number of benzene rings is 2. The molecule has 0 saturated carbocycles. The number of nitrogens with zero attached hydrogens (tertiary/aromatic N) is 5. The molecule has 3 heterocycles. The Kier molecular flexibility index (Phi) is 7.80. The van der Waals surface area contributed by atoms with Gasteiger partial charge in [0, 0.05) is 28.6 Å². The molecule has 0 saturated heterocycles. The first kappa shape index (κ1) is 26.3. The van der Waals surface area contributed by atoms with Crippen LogP contribution >= 0.6 is 23.2 Å². The Bertz CT molecular complexity index is 1580. The Morgan fingerprint density at radius 2 is 2.05 bits per heavy atom. The molecule has 0 fully saturated rings. The van der Waals surface area contributed by atoms with Gasteiger partial charge in [0.15, 0.2) is 0 Å². The van der Waals surface area contributed by atoms with E-state index in [0.717, 1.165) is 0 Å². The summed E-state index contributed by atoms with van der Waals surface area (Å²) in [5, 5.41) is 17.5. The summed E-state index contributed by atoms with van der Waals surface area (Å²) in [6.07, 6.45) is 9.20. The molecule has 13 heteroatoms. The zero-order chi connectivity index (χ0) is 27.4. The molecule has 2 amide bonds. The predicted molar refractivity (Wildman–Crippen MR) is 145 cm³/mol. The Balaban J connectivity index is 1.44. The van der Waals surface area contributed by atoms with Crippen molar-refractivity contribution < 1.29 is 14.0 Å². The van der Waals surface area contributed by atoms with Crippen LogP contribution in [0, 0.1) is 5.82 Å². The van der Waals surface area contributed by atoms with Crippen molar-refractivity contribution >= 4 is 46.8 Å². The quantitative estimate of drug-likeness (QED) is 0.234. The van der Waals surface area contributed by atoms with Crippen molar-refractivity contribution in [2.45, 2.75) is 25.3 Å². The summed E-state index contributed by atoms with van der Waals surface area (Å²) >= 11 is 12.6. The number of hydrogen-bond acceptors (Lipinski definition) is 6. The number of halogens is 3. The summed E-state index contributed by atoms with van der Waals surface area (Å²) in [5.41, 5.74) is 2.22. The average Bonchev–Trinajstić information content (AvgIpc) is 3.57. The fraction of sp³-hybridized carbons (Fsp3) is 0.154. The highest BCUT2D eigenvalue weighted by Crippen LogP contribution is 2.34. The first-order valence-corrected chi connectivity index (χ1v) is 12.6. The molecule has 5 rings (SSSR count). The highest BCUT2D eigenvalue weighted by molar-refractivity contribution is 6.32. The van der Waals surface area contributed by atoms with Crippen LogP contribution < -0.4 is 10.6 Å². The molecule has 1 aliphatic heterocycles. The predicted octanol–water partition coefficient (Wildman–Crippen LogP) is 5.05. The Hall–Kier alpha value is -4.35. The van der Waals surface area contributed by atoms with Crippen molar-refractivity contribution in [2.75, 3.05) is 5.32 Å². The largest absolute Gasteiger partial charge is 0.342 e. The van der Waals surface area contributed by atoms with E-state index in [2.05, 4.69) is 36.1 Å². The average molecular weight is 567 g/mol. The molecule has 198 valence electrons. The molecule has 1 atom stereocenters. The van der Waals surface area contributed by atoms with E-state index >= 15 is 0 Å². The van der Waals surface area contributed by atoms with Crippen LogP contribution in [0.5, 0.6) is 0 Å². The number of amides is 2. The van der Waals surface area contributed by atoms with Gasteiger partial charge in [-0.3, -0.25) is 9.59 Å². The number of nitrogens with one attached hydrogen (secondary N) is 3. The lowest BCUT2D eigenvalue weighted by molar-refractivity contribution is -0.117. The molecule has 3 N–H and O–H groups in total. The van der Waals surface area contributed by atoms with Gasteiger partial charge >= 0.3 is 0 Å². The normalized spacial score (nSPS) is 15.7. The highest BCUT2D eigenvalue weighted by atomic mass is 35.5. The molecule has 0 radical (unpaired) electrons. The minimum absolute atomic E-state index is 0.145. The van der Waals surface area contributed by atoms with E-state index in [1.54, 1.807) is 24.3 Å². The van der Waals surface area contributed by atoms with Crippen LogP contribution in [0.4, 0.5) is 10.1 Å². The topological polar surface area (TPSA) is 130 Å². The summed E-state index contributed by atoms with van der Waals surface area (Å²) < 4.78 is 15.6. The number of hydrogen-bond donors (Lipinski definition) is 3. The maximum Gasteiger partial charge on any atom is 0.244 e. The fourth-order valence-corrected chi connectivity index (χ4v) is 4.50. The molecule has 1 aliphatic rings. The molecule has 4 aromatic rings. The van der Waals surface area contributed by atoms with Crippen LogP contribution in [0.25, 0.3) is 23.0 Å². The second kappa shape index (κ2) is 11.6. The fourth-order valence-electron chi connectivity index (χ4n) is 4.07. The lowest BCUT2D eigenvalue weighted by Crippen LogP contribution is -2.27. The molecule has 2 bridgehead atoms. The summed E-state index contributed by atoms with van der Waals surface area (Å²) in [4.78, 5) is 33.0. The third-order valence-corrected chi connectivity index (χ3v) is 6.42. The molecule has 0 unspecified atom stereocenters. The number of anilines is 1. The number of allylic oxidation sites excluding steroid dienone is 1. The van der Waals surface area contributed by atoms with Gasteiger partial charge < -0.3 is 15.6 Å². The van der Waals surface area contributed by atoms with Gasteiger partial charge in [0.05, 0.1) is 17.4 Å². The van der Waals surface area contributed by atoms with E-state index in [4.69, 9.17) is 23.2 Å². The van der Waals surface area contributed by atoms with Crippen molar-refractivity contribution in [3.8, 4) is 16.9 Å². The zero-order valence-corrected chi connectivity index (χ0v) is 21.7. The van der Waals surface area contributed by atoms with E-state index < -0.39 is 17.8 Å². The van der Waals surface area contributed by atoms with Crippen molar-refractivity contribution in [1.29, 1.82) is 0 Å². The van der Waals surface area contributed by atoms with Crippen LogP contribution in [-0.2, 0) is 9.59 Å². The second-order valence-electron chi connectivity index (χ2n) is 8.62. The molecular weight excluding hydrogens is 546 g/mol. The Morgan fingerprint density at radius 3 is 2.87 bits per heavy atom. The number of H-pyrrole nitrogens is 1. The van der Waals surface area contributed by atoms with E-state index in [1.165, 1.54) is 35.3 Å². The van der Waals surface area contributed by atoms with Gasteiger partial charge in [-0.1, -0.05) is 35.4 Å². The summed E-state index contributed by atoms with van der Waals surface area (Å²) in [6.45, 7) is 0. The maximum atomic E-state index is 14.1. The molecule has 0 spiro atoms. The number of imidazole rings is 1. The van der Waals surface area contributed by atoms with Gasteiger partial charge in [0.2, 0.25) is 11.8 Å². The molecule has 10 nitrogen and oxygen atoms in total. The number of rotatable bonds is 4. The third-order valence-electron chi connectivity index (χ3n) is 5.91. The Labute approximate surface area is 231 Å². The second-order valence-corrected chi connectivity index (χ2v) is 9.43. The zero-order valence-electron chi connectivity index (χ0n) is 20.2. The first-order valence-electron chi connectivity index (χ1n) is 11.9. The van der Waals surface area contributed by atoms with Crippen molar-refractivity contribution in [3.05, 3.63) is 88.3 Å². The van der Waals surface area contributed by atoms with E-state index in [0.29, 0.717) is 46.2 Å². The van der Waals surface area contributed by atoms with Crippen molar-refractivity contribution in [2.24, 2.45) is 0 Å². The smallest absolute Gasteiger partial charge is 0.244 e. The van der Waals surface area contributed by atoms with Crippen LogP contribution in [0.3, 0.4) is 0 Å². The number of aromatic nitrogens is 6. The first-order chi connectivity index (χ1) is 18.9. The number of carbonyl (C=O) groups excluding carboxylic acids is 2. The van der Waals surface area contributed by atoms with Crippen LogP contribution in [0.15, 0.2) is 61.0 Å². The molecule has 2 aromatic heterocycles. The summed E-state index contributed by atoms with van der Waals surface area (Å²) in [6, 6.07) is 8.50. The van der Waals surface area contributed by atoms with E-state index in [-0.39, 0.29) is 23.2 Å². The van der Waals surface area contributed by atoms with Gasteiger partial charge in [-0.25, -0.2) is 9.37 Å². The lowest BCUT2D eigenvalue weighted by Gasteiger charge is -2.14. The minimum Gasteiger partial charge on any atom is -0.342 e. The van der Waals surface area contributed by atoms with Gasteiger partial charge in [-0.2, -0.15) is 4.68 Å². The monoisotopic (exact) mass is 566 g/mol. The summed E-state index contributed by atoms with van der Waals surface area (Å²) in [5.74, 6) is -0.764. The van der Waals surface area contributed by atoms with Gasteiger partial charge in [-0.05, 0) is 65.7 Å². The SMILES string of the molecule is O=C(/C=C/c1cc(Cl)ccc1-n1cnnn1)N[C@H]1CC=CCCC(=O)Nc2ccc(F)cc2-c2nc1[nH]c2Cl. The molecule has 2 aromatic carbocycles. The number of aromatic amines is 1. The molecule has 39 heavy (non-hydrogen) atoms. The van der Waals surface area contributed by atoms with E-state index in [1.807, 2.05) is 12.2 Å². The van der Waals surface area contributed by atoms with Crippen LogP contribution in [0.2, 0.25) is 10.2 Å². The van der Waals surface area contributed by atoms with Crippen LogP contribution in [0.1, 0.15) is 36.7 Å². The maximum absolute atomic E-state index is 14.1. The van der Waals surface area contributed by atoms with E-state index in [9.17, 15) is 14.0 Å². The summed E-state index contributed by atoms with van der Waals surface area (Å²) in [7, 11) is 0. The number of tetrazole rings is 1. The number of fused-ring (bicyclic) bond motifs is 4. The van der Waals surface area contributed by atoms with Gasteiger partial charge in [0.25, 0.3) is 0 Å². The van der Waals surface area contributed by atoms with Crippen molar-refractivity contribution in [3.63, 3.8) is 0 Å². The molecular formula is C26H21Cl2FN8O2. The van der Waals surface area contributed by atoms with Crippen molar-refractivity contribution in [1.82, 2.24) is 35.5 Å². The highest BCUT2D eigenvalue weighted by Gasteiger charge is 2.22. The van der Waals surface area contributed by atoms with Gasteiger partial charge in [0.1, 0.15) is 28.8 Å². The van der Waals surface area contributed by atoms with Gasteiger partial charge in [-0.15, -0.1) is 5.10 Å².